The highest BCUT2D eigenvalue weighted by Crippen LogP contribution is 2.37. The highest BCUT2D eigenvalue weighted by atomic mass is 16.5. The van der Waals surface area contributed by atoms with Crippen molar-refractivity contribution in [2.45, 2.75) is 44.6 Å². The smallest absolute Gasteiger partial charge is 0.261 e. The molecular formula is C14H19N5O. The van der Waals surface area contributed by atoms with Crippen molar-refractivity contribution in [3.8, 4) is 11.5 Å². The number of nitrogens with two attached hydrogens (primary N) is 1. The Labute approximate surface area is 117 Å². The molecule has 0 amide bonds. The number of hydrogen-bond acceptors (Lipinski definition) is 6. The summed E-state index contributed by atoms with van der Waals surface area (Å²) in [6, 6.07) is 0. The van der Waals surface area contributed by atoms with Crippen molar-refractivity contribution in [3.05, 3.63) is 24.5 Å². The highest BCUT2D eigenvalue weighted by Gasteiger charge is 2.36. The molecule has 2 heterocycles. The molecule has 2 aromatic heterocycles. The lowest BCUT2D eigenvalue weighted by molar-refractivity contribution is 0.216. The fourth-order valence-electron chi connectivity index (χ4n) is 2.78. The van der Waals surface area contributed by atoms with Crippen LogP contribution < -0.4 is 5.73 Å². The van der Waals surface area contributed by atoms with Gasteiger partial charge in [-0.1, -0.05) is 18.5 Å². The van der Waals surface area contributed by atoms with Gasteiger partial charge in [0.2, 0.25) is 0 Å². The molecule has 3 rings (SSSR count). The Bertz CT molecular complexity index is 560. The Kier molecular flexibility index (Phi) is 3.48. The maximum absolute atomic E-state index is 6.47. The van der Waals surface area contributed by atoms with E-state index >= 15 is 0 Å². The third-order valence-electron chi connectivity index (χ3n) is 4.25. The number of nitrogens with zero attached hydrogens (tertiary/aromatic N) is 4. The lowest BCUT2D eigenvalue weighted by atomic mass is 9.76. The minimum atomic E-state index is -0.455. The maximum Gasteiger partial charge on any atom is 0.261 e. The van der Waals surface area contributed by atoms with E-state index in [1.54, 1.807) is 12.4 Å². The van der Waals surface area contributed by atoms with Crippen LogP contribution in [0.5, 0.6) is 0 Å². The summed E-state index contributed by atoms with van der Waals surface area (Å²) in [7, 11) is 0. The van der Waals surface area contributed by atoms with Gasteiger partial charge in [-0.25, -0.2) is 9.97 Å². The molecule has 1 fully saturated rings. The first-order valence-electron chi connectivity index (χ1n) is 7.10. The number of hydrogen-bond donors (Lipinski definition) is 1. The molecule has 106 valence electrons. The Balaban J connectivity index is 1.80. The van der Waals surface area contributed by atoms with Crippen molar-refractivity contribution in [1.82, 2.24) is 20.1 Å². The van der Waals surface area contributed by atoms with Crippen LogP contribution in [0.4, 0.5) is 0 Å². The fourth-order valence-corrected chi connectivity index (χ4v) is 2.78. The van der Waals surface area contributed by atoms with Gasteiger partial charge in [0, 0.05) is 12.4 Å². The zero-order valence-electron chi connectivity index (χ0n) is 11.6. The lowest BCUT2D eigenvalue weighted by Crippen LogP contribution is -2.41. The standard InChI is InChI=1S/C14H19N5O/c1-2-10-3-5-14(15,6-4-10)13-18-12(20-19-13)11-7-16-9-17-8-11/h7-10H,2-6,15H2,1H3. The van der Waals surface area contributed by atoms with E-state index < -0.39 is 5.54 Å². The van der Waals surface area contributed by atoms with Gasteiger partial charge >= 0.3 is 0 Å². The monoisotopic (exact) mass is 273 g/mol. The van der Waals surface area contributed by atoms with Crippen LogP contribution in [0.2, 0.25) is 0 Å². The molecule has 1 saturated carbocycles. The van der Waals surface area contributed by atoms with Gasteiger partial charge in [0.25, 0.3) is 5.89 Å². The molecule has 20 heavy (non-hydrogen) atoms. The first kappa shape index (κ1) is 13.2. The molecule has 0 saturated heterocycles. The van der Waals surface area contributed by atoms with Crippen LogP contribution in [0.3, 0.4) is 0 Å². The van der Waals surface area contributed by atoms with Crippen LogP contribution in [0.1, 0.15) is 44.9 Å². The van der Waals surface area contributed by atoms with Gasteiger partial charge in [-0.3, -0.25) is 0 Å². The van der Waals surface area contributed by atoms with Gasteiger partial charge in [0.1, 0.15) is 6.33 Å². The highest BCUT2D eigenvalue weighted by molar-refractivity contribution is 5.48. The summed E-state index contributed by atoms with van der Waals surface area (Å²) >= 11 is 0. The van der Waals surface area contributed by atoms with Gasteiger partial charge < -0.3 is 10.3 Å². The molecule has 0 unspecified atom stereocenters. The van der Waals surface area contributed by atoms with E-state index in [2.05, 4.69) is 27.0 Å². The second-order valence-electron chi connectivity index (χ2n) is 5.56. The molecule has 0 aliphatic heterocycles. The molecule has 0 spiro atoms. The third-order valence-corrected chi connectivity index (χ3v) is 4.25. The minimum absolute atomic E-state index is 0.433. The summed E-state index contributed by atoms with van der Waals surface area (Å²) < 4.78 is 5.30. The predicted molar refractivity (Wildman–Crippen MR) is 73.4 cm³/mol. The Morgan fingerprint density at radius 3 is 2.65 bits per heavy atom. The predicted octanol–water partition coefficient (Wildman–Crippen LogP) is 2.28. The molecule has 0 aromatic carbocycles. The van der Waals surface area contributed by atoms with E-state index in [0.717, 1.165) is 37.2 Å². The van der Waals surface area contributed by atoms with E-state index in [0.29, 0.717) is 11.7 Å². The quantitative estimate of drug-likeness (QED) is 0.922. The zero-order valence-corrected chi connectivity index (χ0v) is 11.6. The Morgan fingerprint density at radius 1 is 1.30 bits per heavy atom. The van der Waals surface area contributed by atoms with Gasteiger partial charge in [0.05, 0.1) is 11.1 Å². The van der Waals surface area contributed by atoms with E-state index in [1.807, 2.05) is 0 Å². The Morgan fingerprint density at radius 2 is 2.00 bits per heavy atom. The molecule has 2 N–H and O–H groups in total. The summed E-state index contributed by atoms with van der Waals surface area (Å²) in [6.45, 7) is 2.23. The van der Waals surface area contributed by atoms with Crippen molar-refractivity contribution in [3.63, 3.8) is 0 Å². The summed E-state index contributed by atoms with van der Waals surface area (Å²) in [6.07, 6.45) is 10.1. The second kappa shape index (κ2) is 5.28. The van der Waals surface area contributed by atoms with Gasteiger partial charge in [-0.05, 0) is 31.6 Å². The average molecular weight is 273 g/mol. The lowest BCUT2D eigenvalue weighted by Gasteiger charge is -2.34. The molecule has 0 atom stereocenters. The maximum atomic E-state index is 6.47. The van der Waals surface area contributed by atoms with Crippen LogP contribution in [0.25, 0.3) is 11.5 Å². The minimum Gasteiger partial charge on any atom is -0.334 e. The van der Waals surface area contributed by atoms with E-state index in [4.69, 9.17) is 10.3 Å². The van der Waals surface area contributed by atoms with Crippen molar-refractivity contribution < 1.29 is 4.52 Å². The van der Waals surface area contributed by atoms with Crippen LogP contribution in [-0.4, -0.2) is 20.1 Å². The first-order valence-corrected chi connectivity index (χ1v) is 7.10. The van der Waals surface area contributed by atoms with Crippen molar-refractivity contribution in [2.24, 2.45) is 11.7 Å². The first-order chi connectivity index (χ1) is 9.71. The summed E-state index contributed by atoms with van der Waals surface area (Å²) in [5.74, 6) is 1.81. The van der Waals surface area contributed by atoms with Crippen LogP contribution >= 0.6 is 0 Å². The van der Waals surface area contributed by atoms with Gasteiger partial charge in [-0.2, -0.15) is 4.98 Å². The summed E-state index contributed by atoms with van der Waals surface area (Å²) in [4.78, 5) is 12.3. The molecule has 6 nitrogen and oxygen atoms in total. The van der Waals surface area contributed by atoms with Crippen molar-refractivity contribution in [2.75, 3.05) is 0 Å². The van der Waals surface area contributed by atoms with E-state index in [-0.39, 0.29) is 0 Å². The fraction of sp³-hybridized carbons (Fsp3) is 0.571. The topological polar surface area (TPSA) is 90.7 Å². The molecule has 6 heteroatoms. The zero-order chi connectivity index (χ0) is 14.0. The molecule has 2 aromatic rings. The van der Waals surface area contributed by atoms with Crippen LogP contribution in [-0.2, 0) is 5.54 Å². The molecular weight excluding hydrogens is 254 g/mol. The molecule has 1 aliphatic rings. The largest absolute Gasteiger partial charge is 0.334 e. The molecule has 0 radical (unpaired) electrons. The average Bonchev–Trinajstić information content (AvgIpc) is 3.00. The van der Waals surface area contributed by atoms with Crippen molar-refractivity contribution in [1.29, 1.82) is 0 Å². The van der Waals surface area contributed by atoms with E-state index in [1.165, 1.54) is 12.7 Å². The van der Waals surface area contributed by atoms with Crippen molar-refractivity contribution >= 4 is 0 Å². The molecule has 0 bridgehead atoms. The van der Waals surface area contributed by atoms with E-state index in [9.17, 15) is 0 Å². The van der Waals surface area contributed by atoms with Gasteiger partial charge in [-0.15, -0.1) is 0 Å². The Hall–Kier alpha value is -1.82. The summed E-state index contributed by atoms with van der Waals surface area (Å²) in [5, 5.41) is 4.07. The SMILES string of the molecule is CCC1CCC(N)(c2noc(-c3cncnc3)n2)CC1. The molecule has 1 aliphatic carbocycles. The number of aromatic nitrogens is 4. The number of rotatable bonds is 3. The van der Waals surface area contributed by atoms with Gasteiger partial charge in [0.15, 0.2) is 5.82 Å². The second-order valence-corrected chi connectivity index (χ2v) is 5.56. The van der Waals surface area contributed by atoms with Crippen LogP contribution in [0, 0.1) is 5.92 Å². The normalized spacial score (nSPS) is 26.6. The van der Waals surface area contributed by atoms with Crippen LogP contribution in [0.15, 0.2) is 23.2 Å². The third kappa shape index (κ3) is 2.43. The summed E-state index contributed by atoms with van der Waals surface area (Å²) in [5.41, 5.74) is 6.74.